The second-order valence-corrected chi connectivity index (χ2v) is 5.36. The molecule has 0 bridgehead atoms. The number of benzene rings is 1. The van der Waals surface area contributed by atoms with Crippen molar-refractivity contribution in [2.45, 2.75) is 39.0 Å². The maximum atomic E-state index is 12.0. The molecule has 106 valence electrons. The van der Waals surface area contributed by atoms with Gasteiger partial charge in [-0.05, 0) is 36.6 Å². The van der Waals surface area contributed by atoms with E-state index in [1.54, 1.807) is 19.1 Å². The number of hydrogen-bond donors (Lipinski definition) is 2. The molecule has 3 nitrogen and oxygen atoms in total. The summed E-state index contributed by atoms with van der Waals surface area (Å²) in [5.41, 5.74) is 1.33. The topological polar surface area (TPSA) is 49.3 Å². The first-order valence-corrected chi connectivity index (χ1v) is 7.15. The Morgan fingerprint density at radius 2 is 2.00 bits per heavy atom. The Morgan fingerprint density at radius 3 is 2.53 bits per heavy atom. The minimum atomic E-state index is -0.144. The molecule has 0 aliphatic rings. The SMILES string of the molecule is CCC(CC)C(Cl)CNC(=O)c1ccc(O)cc1C. The number of rotatable bonds is 6. The molecule has 1 amide bonds. The third-order valence-electron chi connectivity index (χ3n) is 3.47. The monoisotopic (exact) mass is 283 g/mol. The Morgan fingerprint density at radius 1 is 1.37 bits per heavy atom. The predicted molar refractivity (Wildman–Crippen MR) is 78.9 cm³/mol. The lowest BCUT2D eigenvalue weighted by atomic mass is 9.99. The molecule has 0 aliphatic carbocycles. The maximum absolute atomic E-state index is 12.0. The summed E-state index contributed by atoms with van der Waals surface area (Å²) in [6.45, 7) is 6.48. The highest BCUT2D eigenvalue weighted by Gasteiger charge is 2.17. The molecular weight excluding hydrogens is 262 g/mol. The molecule has 1 aromatic carbocycles. The van der Waals surface area contributed by atoms with E-state index in [0.717, 1.165) is 18.4 Å². The fourth-order valence-electron chi connectivity index (χ4n) is 2.15. The molecule has 0 spiro atoms. The van der Waals surface area contributed by atoms with Gasteiger partial charge in [0.2, 0.25) is 0 Å². The molecule has 0 aliphatic heterocycles. The number of carbonyl (C=O) groups is 1. The third kappa shape index (κ3) is 4.43. The fourth-order valence-corrected chi connectivity index (χ4v) is 2.59. The van der Waals surface area contributed by atoms with Crippen LogP contribution in [-0.2, 0) is 0 Å². The van der Waals surface area contributed by atoms with Gasteiger partial charge in [0.1, 0.15) is 5.75 Å². The minimum Gasteiger partial charge on any atom is -0.508 e. The number of phenolic OH excluding ortho intramolecular Hbond substituents is 1. The van der Waals surface area contributed by atoms with Crippen LogP contribution >= 0.6 is 11.6 Å². The van der Waals surface area contributed by atoms with Gasteiger partial charge in [0.15, 0.2) is 0 Å². The molecule has 0 fully saturated rings. The standard InChI is InChI=1S/C15H22ClNO2/c1-4-11(5-2)14(16)9-17-15(19)13-7-6-12(18)8-10(13)3/h6-8,11,14,18H,4-5,9H2,1-3H3,(H,17,19). The Kier molecular flexibility index (Phi) is 6.16. The van der Waals surface area contributed by atoms with E-state index in [0.29, 0.717) is 18.0 Å². The number of carbonyl (C=O) groups excluding carboxylic acids is 1. The second-order valence-electron chi connectivity index (χ2n) is 4.80. The summed E-state index contributed by atoms with van der Waals surface area (Å²) in [7, 11) is 0. The van der Waals surface area contributed by atoms with Gasteiger partial charge in [-0.1, -0.05) is 26.7 Å². The van der Waals surface area contributed by atoms with E-state index in [-0.39, 0.29) is 17.0 Å². The van der Waals surface area contributed by atoms with Crippen LogP contribution in [0.3, 0.4) is 0 Å². The molecule has 2 N–H and O–H groups in total. The summed E-state index contributed by atoms with van der Waals surface area (Å²) in [6, 6.07) is 4.72. The molecule has 0 heterocycles. The van der Waals surface area contributed by atoms with E-state index in [1.807, 2.05) is 0 Å². The van der Waals surface area contributed by atoms with Gasteiger partial charge in [0, 0.05) is 12.1 Å². The Labute approximate surface area is 120 Å². The van der Waals surface area contributed by atoms with Crippen LogP contribution in [0.5, 0.6) is 5.75 Å². The van der Waals surface area contributed by atoms with Crippen LogP contribution in [0.1, 0.15) is 42.6 Å². The van der Waals surface area contributed by atoms with Crippen molar-refractivity contribution in [3.05, 3.63) is 29.3 Å². The smallest absolute Gasteiger partial charge is 0.251 e. The summed E-state index contributed by atoms with van der Waals surface area (Å²) in [5, 5.41) is 12.1. The first-order chi connectivity index (χ1) is 8.99. The lowest BCUT2D eigenvalue weighted by Gasteiger charge is -2.19. The van der Waals surface area contributed by atoms with Gasteiger partial charge in [-0.3, -0.25) is 4.79 Å². The highest BCUT2D eigenvalue weighted by molar-refractivity contribution is 6.21. The second kappa shape index (κ2) is 7.39. The summed E-state index contributed by atoms with van der Waals surface area (Å²) < 4.78 is 0. The van der Waals surface area contributed by atoms with E-state index in [1.165, 1.54) is 6.07 Å². The summed E-state index contributed by atoms with van der Waals surface area (Å²) >= 11 is 6.29. The average Bonchev–Trinajstić information content (AvgIpc) is 2.37. The number of nitrogens with one attached hydrogen (secondary N) is 1. The number of halogens is 1. The van der Waals surface area contributed by atoms with Gasteiger partial charge >= 0.3 is 0 Å². The average molecular weight is 284 g/mol. The van der Waals surface area contributed by atoms with Crippen LogP contribution in [0.15, 0.2) is 18.2 Å². The number of hydrogen-bond acceptors (Lipinski definition) is 2. The zero-order valence-corrected chi connectivity index (χ0v) is 12.5. The van der Waals surface area contributed by atoms with E-state index in [9.17, 15) is 9.90 Å². The summed E-state index contributed by atoms with van der Waals surface area (Å²) in [4.78, 5) is 12.0. The molecule has 0 saturated carbocycles. The lowest BCUT2D eigenvalue weighted by molar-refractivity contribution is 0.0951. The summed E-state index contributed by atoms with van der Waals surface area (Å²) in [6.07, 6.45) is 2.03. The molecular formula is C15H22ClNO2. The Balaban J connectivity index is 2.60. The van der Waals surface area contributed by atoms with Crippen LogP contribution in [0.2, 0.25) is 0 Å². The molecule has 1 rings (SSSR count). The normalized spacial score (nSPS) is 12.5. The quantitative estimate of drug-likeness (QED) is 0.786. The van der Waals surface area contributed by atoms with Crippen LogP contribution in [0, 0.1) is 12.8 Å². The van der Waals surface area contributed by atoms with Crippen molar-refractivity contribution < 1.29 is 9.90 Å². The predicted octanol–water partition coefficient (Wildman–Crippen LogP) is 3.47. The Hall–Kier alpha value is -1.22. The van der Waals surface area contributed by atoms with Crippen molar-refractivity contribution in [3.63, 3.8) is 0 Å². The fraction of sp³-hybridized carbons (Fsp3) is 0.533. The first kappa shape index (κ1) is 15.8. The number of alkyl halides is 1. The third-order valence-corrected chi connectivity index (χ3v) is 3.98. The molecule has 19 heavy (non-hydrogen) atoms. The van der Waals surface area contributed by atoms with Crippen LogP contribution in [0.25, 0.3) is 0 Å². The van der Waals surface area contributed by atoms with Gasteiger partial charge in [-0.2, -0.15) is 0 Å². The highest BCUT2D eigenvalue weighted by atomic mass is 35.5. The van der Waals surface area contributed by atoms with Crippen molar-refractivity contribution in [3.8, 4) is 5.75 Å². The van der Waals surface area contributed by atoms with Gasteiger partial charge in [0.25, 0.3) is 5.91 Å². The van der Waals surface area contributed by atoms with Crippen LogP contribution in [-0.4, -0.2) is 22.9 Å². The Bertz CT molecular complexity index is 430. The van der Waals surface area contributed by atoms with Crippen molar-refractivity contribution in [1.82, 2.24) is 5.32 Å². The van der Waals surface area contributed by atoms with E-state index in [4.69, 9.17) is 11.6 Å². The number of phenols is 1. The molecule has 0 radical (unpaired) electrons. The largest absolute Gasteiger partial charge is 0.508 e. The minimum absolute atomic E-state index is 0.0450. The van der Waals surface area contributed by atoms with Crippen LogP contribution in [0.4, 0.5) is 0 Å². The van der Waals surface area contributed by atoms with Crippen molar-refractivity contribution in [2.75, 3.05) is 6.54 Å². The molecule has 4 heteroatoms. The van der Waals surface area contributed by atoms with Crippen molar-refractivity contribution >= 4 is 17.5 Å². The molecule has 1 unspecified atom stereocenters. The van der Waals surface area contributed by atoms with Gasteiger partial charge in [-0.15, -0.1) is 11.6 Å². The first-order valence-electron chi connectivity index (χ1n) is 6.71. The maximum Gasteiger partial charge on any atom is 0.251 e. The molecule has 1 atom stereocenters. The van der Waals surface area contributed by atoms with E-state index < -0.39 is 0 Å². The van der Waals surface area contributed by atoms with Gasteiger partial charge in [0.05, 0.1) is 5.38 Å². The molecule has 1 aromatic rings. The van der Waals surface area contributed by atoms with Crippen LogP contribution < -0.4 is 5.32 Å². The number of amides is 1. The van der Waals surface area contributed by atoms with Gasteiger partial charge < -0.3 is 10.4 Å². The zero-order chi connectivity index (χ0) is 14.4. The number of aryl methyl sites for hydroxylation is 1. The molecule has 0 aromatic heterocycles. The van der Waals surface area contributed by atoms with Gasteiger partial charge in [-0.25, -0.2) is 0 Å². The zero-order valence-electron chi connectivity index (χ0n) is 11.7. The van der Waals surface area contributed by atoms with Crippen molar-refractivity contribution in [1.29, 1.82) is 0 Å². The van der Waals surface area contributed by atoms with E-state index >= 15 is 0 Å². The van der Waals surface area contributed by atoms with E-state index in [2.05, 4.69) is 19.2 Å². The summed E-state index contributed by atoms with van der Waals surface area (Å²) in [5.74, 6) is 0.443. The van der Waals surface area contributed by atoms with Crippen molar-refractivity contribution in [2.24, 2.45) is 5.92 Å². The highest BCUT2D eigenvalue weighted by Crippen LogP contribution is 2.19. The lowest BCUT2D eigenvalue weighted by Crippen LogP contribution is -2.33. The molecule has 0 saturated heterocycles. The number of aromatic hydroxyl groups is 1.